The molecule has 0 rings (SSSR count). The first-order valence-electron chi connectivity index (χ1n) is 1.56. The minimum absolute atomic E-state index is 0. The van der Waals surface area contributed by atoms with Crippen LogP contribution >= 0.6 is 11.6 Å². The summed E-state index contributed by atoms with van der Waals surface area (Å²) < 4.78 is 22.9. The second-order valence-corrected chi connectivity index (χ2v) is 1.74. The molecule has 0 spiro atoms. The molecule has 0 radical (unpaired) electrons. The predicted molar refractivity (Wildman–Crippen MR) is 25.6 cm³/mol. The first kappa shape index (κ1) is 12.7. The van der Waals surface area contributed by atoms with Gasteiger partial charge in [0.05, 0.1) is 18.0 Å². The standard InChI is InChI=1S/C2H5ClO3S.K/c3-1-2-6-7(4)5;/h1-2H2,(H,4,5);/q;+1/p-1. The molecule has 0 saturated heterocycles. The van der Waals surface area contributed by atoms with Crippen LogP contribution in [0.4, 0.5) is 0 Å². The van der Waals surface area contributed by atoms with Crippen molar-refractivity contribution in [1.29, 1.82) is 0 Å². The number of rotatable bonds is 3. The zero-order valence-electron chi connectivity index (χ0n) is 4.43. The number of hydrogen-bond donors (Lipinski definition) is 0. The molecule has 6 heteroatoms. The molecule has 0 amide bonds. The summed E-state index contributed by atoms with van der Waals surface area (Å²) in [4.78, 5) is 0. The third-order valence-corrected chi connectivity index (χ3v) is 0.770. The van der Waals surface area contributed by atoms with E-state index in [0.29, 0.717) is 0 Å². The second kappa shape index (κ2) is 9.00. The Kier molecular flexibility index (Phi) is 14.2. The van der Waals surface area contributed by atoms with Crippen LogP contribution in [0.25, 0.3) is 0 Å². The normalized spacial score (nSPS) is 12.2. The van der Waals surface area contributed by atoms with E-state index in [1.165, 1.54) is 0 Å². The van der Waals surface area contributed by atoms with E-state index in [1.807, 2.05) is 0 Å². The van der Waals surface area contributed by atoms with E-state index in [4.69, 9.17) is 11.6 Å². The molecule has 0 aliphatic heterocycles. The molecule has 3 nitrogen and oxygen atoms in total. The molecule has 0 aliphatic rings. The van der Waals surface area contributed by atoms with Crippen molar-refractivity contribution >= 4 is 23.0 Å². The molecule has 0 aliphatic carbocycles. The molecule has 1 atom stereocenters. The van der Waals surface area contributed by atoms with Gasteiger partial charge >= 0.3 is 51.4 Å². The summed E-state index contributed by atoms with van der Waals surface area (Å²) in [6.07, 6.45) is 0. The van der Waals surface area contributed by atoms with Gasteiger partial charge in [-0.1, -0.05) is 0 Å². The molecule has 0 N–H and O–H groups in total. The molecule has 0 aromatic rings. The number of halogens is 1. The molecular weight excluding hydrogens is 179 g/mol. The number of alkyl halides is 1. The van der Waals surface area contributed by atoms with E-state index in [-0.39, 0.29) is 63.9 Å². The van der Waals surface area contributed by atoms with Gasteiger partial charge in [-0.2, -0.15) is 0 Å². The summed E-state index contributed by atoms with van der Waals surface area (Å²) in [5.74, 6) is 0.202. The van der Waals surface area contributed by atoms with Crippen LogP contribution in [0.15, 0.2) is 0 Å². The Morgan fingerprint density at radius 2 is 2.25 bits per heavy atom. The van der Waals surface area contributed by atoms with Crippen molar-refractivity contribution in [2.24, 2.45) is 0 Å². The summed E-state index contributed by atoms with van der Waals surface area (Å²) in [6, 6.07) is 0. The average molecular weight is 183 g/mol. The molecule has 0 saturated carbocycles. The largest absolute Gasteiger partial charge is 1.00 e. The van der Waals surface area contributed by atoms with E-state index in [9.17, 15) is 8.76 Å². The Morgan fingerprint density at radius 3 is 2.38 bits per heavy atom. The van der Waals surface area contributed by atoms with Crippen LogP contribution in [0.2, 0.25) is 0 Å². The van der Waals surface area contributed by atoms with Gasteiger partial charge in [0.15, 0.2) is 0 Å². The fraction of sp³-hybridized carbons (Fsp3) is 1.00. The van der Waals surface area contributed by atoms with Crippen molar-refractivity contribution in [2.75, 3.05) is 12.5 Å². The minimum atomic E-state index is -2.40. The molecular formula is C2H4ClKO3S. The molecule has 8 heavy (non-hydrogen) atoms. The van der Waals surface area contributed by atoms with Crippen molar-refractivity contribution < 1.29 is 64.3 Å². The summed E-state index contributed by atoms with van der Waals surface area (Å²) in [5, 5.41) is 0. The van der Waals surface area contributed by atoms with Crippen molar-refractivity contribution in [2.45, 2.75) is 0 Å². The maximum absolute atomic E-state index is 9.48. The van der Waals surface area contributed by atoms with Crippen LogP contribution in [0.5, 0.6) is 0 Å². The van der Waals surface area contributed by atoms with Crippen LogP contribution in [0.1, 0.15) is 0 Å². The van der Waals surface area contributed by atoms with E-state index in [0.717, 1.165) is 0 Å². The van der Waals surface area contributed by atoms with E-state index in [1.54, 1.807) is 0 Å². The van der Waals surface area contributed by atoms with Gasteiger partial charge in [0.1, 0.15) is 0 Å². The molecule has 44 valence electrons. The van der Waals surface area contributed by atoms with Gasteiger partial charge in [0, 0.05) is 5.88 Å². The van der Waals surface area contributed by atoms with Gasteiger partial charge in [-0.15, -0.1) is 11.6 Å². The Labute approximate surface area is 98.0 Å². The smallest absolute Gasteiger partial charge is 0.750 e. The molecule has 0 aromatic heterocycles. The predicted octanol–water partition coefficient (Wildman–Crippen LogP) is -2.96. The Bertz CT molecular complexity index is 70.3. The average Bonchev–Trinajstić information content (AvgIpc) is 1.61. The third-order valence-electron chi connectivity index (χ3n) is 0.257. The first-order valence-corrected chi connectivity index (χ1v) is 3.09. The summed E-state index contributed by atoms with van der Waals surface area (Å²) >= 11 is 2.65. The molecule has 0 heterocycles. The van der Waals surface area contributed by atoms with Crippen LogP contribution < -0.4 is 51.4 Å². The SMILES string of the molecule is O=S([O-])OCCCl.[K+]. The van der Waals surface area contributed by atoms with Crippen LogP contribution in [0, 0.1) is 0 Å². The Hall–Kier alpha value is 2.00. The van der Waals surface area contributed by atoms with Crippen LogP contribution in [-0.2, 0) is 15.5 Å². The Morgan fingerprint density at radius 1 is 1.75 bits per heavy atom. The van der Waals surface area contributed by atoms with E-state index in [2.05, 4.69) is 4.18 Å². The van der Waals surface area contributed by atoms with Crippen molar-refractivity contribution in [1.82, 2.24) is 0 Å². The van der Waals surface area contributed by atoms with Gasteiger partial charge < -0.3 is 4.55 Å². The molecule has 0 aromatic carbocycles. The molecule has 0 bridgehead atoms. The van der Waals surface area contributed by atoms with Crippen LogP contribution in [0.3, 0.4) is 0 Å². The van der Waals surface area contributed by atoms with E-state index >= 15 is 0 Å². The van der Waals surface area contributed by atoms with Crippen molar-refractivity contribution in [3.63, 3.8) is 0 Å². The zero-order chi connectivity index (χ0) is 5.70. The van der Waals surface area contributed by atoms with Crippen LogP contribution in [-0.4, -0.2) is 21.2 Å². The maximum atomic E-state index is 9.48. The monoisotopic (exact) mass is 182 g/mol. The molecule has 0 fully saturated rings. The van der Waals surface area contributed by atoms with Crippen molar-refractivity contribution in [3.05, 3.63) is 0 Å². The summed E-state index contributed by atoms with van der Waals surface area (Å²) in [7, 11) is 0. The summed E-state index contributed by atoms with van der Waals surface area (Å²) in [6.45, 7) is 0.0532. The molecule has 1 unspecified atom stereocenters. The minimum Gasteiger partial charge on any atom is -0.750 e. The Balaban J connectivity index is 0. The quantitative estimate of drug-likeness (QED) is 0.266. The fourth-order valence-electron chi connectivity index (χ4n) is 0.0995. The maximum Gasteiger partial charge on any atom is 1.00 e. The van der Waals surface area contributed by atoms with Gasteiger partial charge in [0.2, 0.25) is 0 Å². The van der Waals surface area contributed by atoms with Gasteiger partial charge in [-0.05, 0) is 0 Å². The third kappa shape index (κ3) is 10.9. The van der Waals surface area contributed by atoms with E-state index < -0.39 is 11.4 Å². The fourth-order valence-corrected chi connectivity index (χ4v) is 0.488. The topological polar surface area (TPSA) is 49.4 Å². The second-order valence-electron chi connectivity index (χ2n) is 0.715. The zero-order valence-corrected chi connectivity index (χ0v) is 9.12. The van der Waals surface area contributed by atoms with Gasteiger partial charge in [-0.25, -0.2) is 4.21 Å². The number of hydrogen-bond acceptors (Lipinski definition) is 3. The first-order chi connectivity index (χ1) is 3.27. The van der Waals surface area contributed by atoms with Crippen molar-refractivity contribution in [3.8, 4) is 0 Å². The van der Waals surface area contributed by atoms with Gasteiger partial charge in [-0.3, -0.25) is 4.18 Å². The van der Waals surface area contributed by atoms with Gasteiger partial charge in [0.25, 0.3) is 0 Å². The summed E-state index contributed by atoms with van der Waals surface area (Å²) in [5.41, 5.74) is 0.